The Bertz CT molecular complexity index is 966. The molecule has 0 bridgehead atoms. The summed E-state index contributed by atoms with van der Waals surface area (Å²) in [5.41, 5.74) is 1.80. The first-order chi connectivity index (χ1) is 15.6. The predicted molar refractivity (Wildman–Crippen MR) is 124 cm³/mol. The largest absolute Gasteiger partial charge is 0.434 e. The molecule has 8 heteroatoms. The Balaban J connectivity index is 1.84. The number of alkyl halides is 2. The van der Waals surface area contributed by atoms with Gasteiger partial charge in [-0.3, -0.25) is 9.48 Å². The number of nitrogens with zero attached hydrogens (tertiary/aromatic N) is 2. The van der Waals surface area contributed by atoms with Crippen LogP contribution in [0.5, 0.6) is 5.75 Å². The molecule has 1 saturated carbocycles. The van der Waals surface area contributed by atoms with E-state index >= 15 is 0 Å². The quantitative estimate of drug-likeness (QED) is 0.548. The number of aryl methyl sites for hydroxylation is 2. The van der Waals surface area contributed by atoms with Gasteiger partial charge in [-0.15, -0.1) is 0 Å². The lowest BCUT2D eigenvalue weighted by atomic mass is 9.79. The monoisotopic (exact) mass is 463 g/mol. The first kappa shape index (κ1) is 25.1. The number of benzene rings is 1. The van der Waals surface area contributed by atoms with Crippen LogP contribution in [0.25, 0.3) is 11.3 Å². The summed E-state index contributed by atoms with van der Waals surface area (Å²) in [6.45, 7) is 3.19. The molecule has 0 unspecified atom stereocenters. The molecule has 1 heterocycles. The molecule has 33 heavy (non-hydrogen) atoms. The lowest BCUT2D eigenvalue weighted by Gasteiger charge is -2.34. The van der Waals surface area contributed by atoms with Crippen molar-refractivity contribution in [1.82, 2.24) is 15.1 Å². The molecule has 0 radical (unpaired) electrons. The van der Waals surface area contributed by atoms with E-state index in [1.807, 2.05) is 6.07 Å². The Kier molecular flexibility index (Phi) is 8.10. The number of carbonyl (C=O) groups is 1. The molecule has 2 aromatic rings. The standard InChI is InChI=1S/C25H35F2N3O3/c1-5-6-7-18-8-9-19(20(14-18)33-24(26)27)22-17(3)21(29-30(22)4)23(31)28-15-25(32)12-10-16(2)11-13-25/h8-9,14,16,24,32H,5-7,10-13,15H2,1-4H3,(H,28,31). The number of hydrogen-bond donors (Lipinski definition) is 2. The summed E-state index contributed by atoms with van der Waals surface area (Å²) >= 11 is 0. The minimum absolute atomic E-state index is 0.0716. The lowest BCUT2D eigenvalue weighted by molar-refractivity contribution is -0.0495. The van der Waals surface area contributed by atoms with Gasteiger partial charge in [-0.25, -0.2) is 0 Å². The fraction of sp³-hybridized carbons (Fsp3) is 0.600. The van der Waals surface area contributed by atoms with Crippen molar-refractivity contribution >= 4 is 5.91 Å². The third-order valence-corrected chi connectivity index (χ3v) is 6.62. The van der Waals surface area contributed by atoms with Crippen LogP contribution in [0.15, 0.2) is 18.2 Å². The van der Waals surface area contributed by atoms with Crippen molar-refractivity contribution in [3.05, 3.63) is 35.0 Å². The second kappa shape index (κ2) is 10.6. The maximum absolute atomic E-state index is 13.1. The van der Waals surface area contributed by atoms with Crippen molar-refractivity contribution in [2.45, 2.75) is 77.9 Å². The van der Waals surface area contributed by atoms with Crippen molar-refractivity contribution < 1.29 is 23.4 Å². The molecule has 0 atom stereocenters. The molecule has 1 aromatic heterocycles. The summed E-state index contributed by atoms with van der Waals surface area (Å²) < 4.78 is 32.6. The predicted octanol–water partition coefficient (Wildman–Crippen LogP) is 5.01. The number of rotatable bonds is 9. The topological polar surface area (TPSA) is 76.4 Å². The van der Waals surface area contributed by atoms with Crippen LogP contribution in [-0.2, 0) is 13.5 Å². The Morgan fingerprint density at radius 1 is 1.36 bits per heavy atom. The average Bonchev–Trinajstić information content (AvgIpc) is 3.07. The fourth-order valence-corrected chi connectivity index (χ4v) is 4.52. The molecular formula is C25H35F2N3O3. The number of nitrogens with one attached hydrogen (secondary N) is 1. The highest BCUT2D eigenvalue weighted by Gasteiger charge is 2.33. The van der Waals surface area contributed by atoms with Crippen LogP contribution < -0.4 is 10.1 Å². The molecule has 1 aliphatic rings. The molecule has 182 valence electrons. The van der Waals surface area contributed by atoms with E-state index in [9.17, 15) is 18.7 Å². The molecule has 1 amide bonds. The molecule has 0 spiro atoms. The van der Waals surface area contributed by atoms with Crippen molar-refractivity contribution in [2.24, 2.45) is 13.0 Å². The third kappa shape index (κ3) is 6.10. The van der Waals surface area contributed by atoms with E-state index < -0.39 is 18.1 Å². The lowest BCUT2D eigenvalue weighted by Crippen LogP contribution is -2.45. The number of amides is 1. The zero-order valence-electron chi connectivity index (χ0n) is 20.0. The fourth-order valence-electron chi connectivity index (χ4n) is 4.52. The van der Waals surface area contributed by atoms with Gasteiger partial charge in [0.25, 0.3) is 5.91 Å². The zero-order valence-corrected chi connectivity index (χ0v) is 20.0. The van der Waals surface area contributed by atoms with Crippen LogP contribution in [-0.4, -0.2) is 39.6 Å². The van der Waals surface area contributed by atoms with E-state index in [0.29, 0.717) is 35.6 Å². The van der Waals surface area contributed by atoms with Gasteiger partial charge in [-0.1, -0.05) is 26.3 Å². The van der Waals surface area contributed by atoms with Crippen LogP contribution in [0.4, 0.5) is 8.78 Å². The normalized spacial score (nSPS) is 20.8. The van der Waals surface area contributed by atoms with Gasteiger partial charge in [0.05, 0.1) is 11.3 Å². The Hall–Kier alpha value is -2.48. The van der Waals surface area contributed by atoms with Crippen molar-refractivity contribution in [2.75, 3.05) is 6.54 Å². The Morgan fingerprint density at radius 3 is 2.70 bits per heavy atom. The number of unbranched alkanes of at least 4 members (excludes halogenated alkanes) is 1. The van der Waals surface area contributed by atoms with E-state index in [1.165, 1.54) is 4.68 Å². The van der Waals surface area contributed by atoms with Gasteiger partial charge >= 0.3 is 6.61 Å². The summed E-state index contributed by atoms with van der Waals surface area (Å²) in [6, 6.07) is 5.29. The molecule has 1 fully saturated rings. The minimum Gasteiger partial charge on any atom is -0.434 e. The molecule has 0 aliphatic heterocycles. The number of ether oxygens (including phenoxy) is 1. The second-order valence-corrected chi connectivity index (χ2v) is 9.35. The summed E-state index contributed by atoms with van der Waals surface area (Å²) in [6.07, 6.45) is 5.89. The first-order valence-corrected chi connectivity index (χ1v) is 11.8. The summed E-state index contributed by atoms with van der Waals surface area (Å²) in [5, 5.41) is 17.9. The van der Waals surface area contributed by atoms with Crippen LogP contribution >= 0.6 is 0 Å². The second-order valence-electron chi connectivity index (χ2n) is 9.35. The Morgan fingerprint density at radius 2 is 2.06 bits per heavy atom. The molecule has 1 aliphatic carbocycles. The average molecular weight is 464 g/mol. The van der Waals surface area contributed by atoms with Crippen molar-refractivity contribution in [1.29, 1.82) is 0 Å². The highest BCUT2D eigenvalue weighted by molar-refractivity contribution is 5.95. The van der Waals surface area contributed by atoms with Gasteiger partial charge < -0.3 is 15.2 Å². The van der Waals surface area contributed by atoms with E-state index in [0.717, 1.165) is 37.7 Å². The molecule has 1 aromatic carbocycles. The van der Waals surface area contributed by atoms with Gasteiger partial charge in [0.1, 0.15) is 5.75 Å². The zero-order chi connectivity index (χ0) is 24.2. The SMILES string of the molecule is CCCCc1ccc(-c2c(C)c(C(=O)NCC3(O)CCC(C)CC3)nn2C)c(OC(F)F)c1. The van der Waals surface area contributed by atoms with Gasteiger partial charge in [-0.2, -0.15) is 13.9 Å². The number of aromatic nitrogens is 2. The highest BCUT2D eigenvalue weighted by atomic mass is 19.3. The van der Waals surface area contributed by atoms with Gasteiger partial charge in [0.15, 0.2) is 5.69 Å². The molecule has 2 N–H and O–H groups in total. The number of carbonyl (C=O) groups excluding carboxylic acids is 1. The van der Waals surface area contributed by atoms with E-state index in [1.54, 1.807) is 26.1 Å². The van der Waals surface area contributed by atoms with Crippen molar-refractivity contribution in [3.8, 4) is 17.0 Å². The van der Waals surface area contributed by atoms with Gasteiger partial charge in [-0.05, 0) is 69.1 Å². The Labute approximate surface area is 194 Å². The van der Waals surface area contributed by atoms with Crippen LogP contribution in [0.3, 0.4) is 0 Å². The van der Waals surface area contributed by atoms with Crippen LogP contribution in [0.2, 0.25) is 0 Å². The van der Waals surface area contributed by atoms with Crippen LogP contribution in [0, 0.1) is 12.8 Å². The minimum atomic E-state index is -2.96. The summed E-state index contributed by atoms with van der Waals surface area (Å²) in [4.78, 5) is 12.9. The third-order valence-electron chi connectivity index (χ3n) is 6.62. The molecular weight excluding hydrogens is 428 g/mol. The van der Waals surface area contributed by atoms with E-state index in [4.69, 9.17) is 4.74 Å². The van der Waals surface area contributed by atoms with Gasteiger partial charge in [0.2, 0.25) is 0 Å². The maximum atomic E-state index is 13.1. The number of hydrogen-bond acceptors (Lipinski definition) is 4. The molecule has 3 rings (SSSR count). The van der Waals surface area contributed by atoms with E-state index in [-0.39, 0.29) is 18.0 Å². The first-order valence-electron chi connectivity index (χ1n) is 11.8. The maximum Gasteiger partial charge on any atom is 0.387 e. The van der Waals surface area contributed by atoms with Crippen molar-refractivity contribution in [3.63, 3.8) is 0 Å². The molecule has 0 saturated heterocycles. The van der Waals surface area contributed by atoms with Gasteiger partial charge in [0, 0.05) is 24.7 Å². The number of aliphatic hydroxyl groups is 1. The summed E-state index contributed by atoms with van der Waals surface area (Å²) in [5.74, 6) is 0.263. The van der Waals surface area contributed by atoms with Crippen LogP contribution in [0.1, 0.15) is 74.0 Å². The molecule has 6 nitrogen and oxygen atoms in total. The summed E-state index contributed by atoms with van der Waals surface area (Å²) in [7, 11) is 1.67. The highest BCUT2D eigenvalue weighted by Crippen LogP contribution is 2.36. The number of halogens is 2. The van der Waals surface area contributed by atoms with E-state index in [2.05, 4.69) is 24.3 Å². The smallest absolute Gasteiger partial charge is 0.387 e.